The van der Waals surface area contributed by atoms with Gasteiger partial charge in [-0.25, -0.2) is 9.97 Å². The molecule has 0 aliphatic heterocycles. The van der Waals surface area contributed by atoms with E-state index < -0.39 is 0 Å². The molecule has 2 aromatic heterocycles. The maximum absolute atomic E-state index is 4.53. The topological polar surface area (TPSA) is 57.7 Å². The summed E-state index contributed by atoms with van der Waals surface area (Å²) in [7, 11) is 2.09. The van der Waals surface area contributed by atoms with Crippen LogP contribution in [-0.2, 0) is 25.9 Å². The average molecular weight is 273 g/mol. The summed E-state index contributed by atoms with van der Waals surface area (Å²) < 4.78 is 0. The highest BCUT2D eigenvalue weighted by Crippen LogP contribution is 2.07. The van der Waals surface area contributed by atoms with Crippen LogP contribution in [0.3, 0.4) is 0 Å². The minimum absolute atomic E-state index is 0.817. The van der Waals surface area contributed by atoms with E-state index in [1.807, 2.05) is 12.3 Å². The summed E-state index contributed by atoms with van der Waals surface area (Å²) in [5.74, 6) is 0.905. The van der Waals surface area contributed by atoms with Crippen molar-refractivity contribution in [3.63, 3.8) is 0 Å². The van der Waals surface area contributed by atoms with Gasteiger partial charge in [0.1, 0.15) is 5.82 Å². The molecule has 2 rings (SSSR count). The number of aromatic amines is 1. The Morgan fingerprint density at radius 3 is 2.80 bits per heavy atom. The summed E-state index contributed by atoms with van der Waals surface area (Å²) in [6.45, 7) is 5.91. The van der Waals surface area contributed by atoms with E-state index in [1.54, 1.807) is 0 Å². The molecule has 0 aliphatic carbocycles. The Balaban J connectivity index is 1.92. The number of nitrogens with one attached hydrogen (secondary N) is 1. The molecule has 108 valence electrons. The van der Waals surface area contributed by atoms with E-state index >= 15 is 0 Å². The van der Waals surface area contributed by atoms with Crippen molar-refractivity contribution in [3.8, 4) is 0 Å². The molecular formula is C15H23N5. The monoisotopic (exact) mass is 273 g/mol. The van der Waals surface area contributed by atoms with E-state index in [0.29, 0.717) is 0 Å². The third-order valence-electron chi connectivity index (χ3n) is 3.14. The van der Waals surface area contributed by atoms with Crippen LogP contribution in [0.1, 0.15) is 43.2 Å². The highest BCUT2D eigenvalue weighted by molar-refractivity contribution is 5.09. The van der Waals surface area contributed by atoms with Gasteiger partial charge in [0.05, 0.1) is 11.4 Å². The van der Waals surface area contributed by atoms with Crippen LogP contribution in [0, 0.1) is 0 Å². The van der Waals surface area contributed by atoms with Gasteiger partial charge in [-0.05, 0) is 25.6 Å². The number of rotatable bonds is 7. The Morgan fingerprint density at radius 1 is 1.20 bits per heavy atom. The standard InChI is InChI=1S/C15H23N5/c1-4-6-12-9-14(19-18-12)11-20(3)10-13-7-8-16-15(5-2)17-13/h7-9H,4-6,10-11H2,1-3H3,(H,18,19). The number of aryl methyl sites for hydroxylation is 2. The molecule has 5 heteroatoms. The lowest BCUT2D eigenvalue weighted by molar-refractivity contribution is 0.310. The van der Waals surface area contributed by atoms with Gasteiger partial charge in [0.25, 0.3) is 0 Å². The van der Waals surface area contributed by atoms with Crippen molar-refractivity contribution in [2.24, 2.45) is 0 Å². The average Bonchev–Trinajstić information content (AvgIpc) is 2.86. The molecule has 0 saturated heterocycles. The first-order valence-corrected chi connectivity index (χ1v) is 7.23. The molecule has 0 bridgehead atoms. The zero-order valence-electron chi connectivity index (χ0n) is 12.6. The van der Waals surface area contributed by atoms with Crippen LogP contribution in [0.2, 0.25) is 0 Å². The van der Waals surface area contributed by atoms with E-state index in [1.165, 1.54) is 0 Å². The fourth-order valence-electron chi connectivity index (χ4n) is 2.20. The maximum Gasteiger partial charge on any atom is 0.128 e. The molecule has 0 saturated carbocycles. The van der Waals surface area contributed by atoms with Crippen molar-refractivity contribution in [1.82, 2.24) is 25.1 Å². The molecule has 20 heavy (non-hydrogen) atoms. The van der Waals surface area contributed by atoms with Crippen molar-refractivity contribution in [2.75, 3.05) is 7.05 Å². The fourth-order valence-corrected chi connectivity index (χ4v) is 2.20. The second-order valence-corrected chi connectivity index (χ2v) is 5.12. The fraction of sp³-hybridized carbons (Fsp3) is 0.533. The van der Waals surface area contributed by atoms with Crippen LogP contribution < -0.4 is 0 Å². The zero-order valence-corrected chi connectivity index (χ0v) is 12.6. The van der Waals surface area contributed by atoms with Gasteiger partial charge in [-0.2, -0.15) is 5.10 Å². The largest absolute Gasteiger partial charge is 0.295 e. The first-order valence-electron chi connectivity index (χ1n) is 7.23. The van der Waals surface area contributed by atoms with E-state index in [2.05, 4.69) is 52.0 Å². The molecule has 0 radical (unpaired) electrons. The van der Waals surface area contributed by atoms with E-state index in [4.69, 9.17) is 0 Å². The van der Waals surface area contributed by atoms with Gasteiger partial charge in [-0.3, -0.25) is 10.00 Å². The van der Waals surface area contributed by atoms with Crippen LogP contribution in [0.25, 0.3) is 0 Å². The van der Waals surface area contributed by atoms with Gasteiger partial charge >= 0.3 is 0 Å². The van der Waals surface area contributed by atoms with Gasteiger partial charge in [-0.15, -0.1) is 0 Å². The quantitative estimate of drug-likeness (QED) is 0.841. The zero-order chi connectivity index (χ0) is 14.4. The normalized spacial score (nSPS) is 11.2. The summed E-state index contributed by atoms with van der Waals surface area (Å²) in [4.78, 5) is 11.0. The molecule has 0 atom stereocenters. The highest BCUT2D eigenvalue weighted by atomic mass is 15.2. The lowest BCUT2D eigenvalue weighted by Gasteiger charge is -2.15. The van der Waals surface area contributed by atoms with Crippen molar-refractivity contribution < 1.29 is 0 Å². The molecular weight excluding hydrogens is 250 g/mol. The number of hydrogen-bond acceptors (Lipinski definition) is 4. The SMILES string of the molecule is CCCc1cc(CN(C)Cc2ccnc(CC)n2)[nH]n1. The molecule has 5 nitrogen and oxygen atoms in total. The Labute approximate surface area is 120 Å². The van der Waals surface area contributed by atoms with E-state index in [-0.39, 0.29) is 0 Å². The number of aromatic nitrogens is 4. The predicted octanol–water partition coefficient (Wildman–Crippen LogP) is 2.35. The molecule has 0 spiro atoms. The lowest BCUT2D eigenvalue weighted by Crippen LogP contribution is -2.18. The van der Waals surface area contributed by atoms with Gasteiger partial charge in [0.15, 0.2) is 0 Å². The summed E-state index contributed by atoms with van der Waals surface area (Å²) in [6.07, 6.45) is 4.87. The van der Waals surface area contributed by atoms with Crippen molar-refractivity contribution >= 4 is 0 Å². The number of nitrogens with zero attached hydrogens (tertiary/aromatic N) is 4. The van der Waals surface area contributed by atoms with E-state index in [0.717, 1.165) is 55.3 Å². The molecule has 0 amide bonds. The first-order chi connectivity index (χ1) is 9.71. The van der Waals surface area contributed by atoms with Crippen LogP contribution in [0.5, 0.6) is 0 Å². The van der Waals surface area contributed by atoms with Crippen LogP contribution in [0.4, 0.5) is 0 Å². The number of hydrogen-bond donors (Lipinski definition) is 1. The Morgan fingerprint density at radius 2 is 2.05 bits per heavy atom. The summed E-state index contributed by atoms with van der Waals surface area (Å²) >= 11 is 0. The Kier molecular flexibility index (Phi) is 5.24. The third kappa shape index (κ3) is 4.13. The summed E-state index contributed by atoms with van der Waals surface area (Å²) in [5, 5.41) is 7.42. The van der Waals surface area contributed by atoms with Crippen molar-refractivity contribution in [3.05, 3.63) is 41.2 Å². The van der Waals surface area contributed by atoms with Crippen LogP contribution in [0.15, 0.2) is 18.3 Å². The Bertz CT molecular complexity index is 535. The predicted molar refractivity (Wildman–Crippen MR) is 79.2 cm³/mol. The molecule has 0 unspecified atom stereocenters. The Hall–Kier alpha value is -1.75. The maximum atomic E-state index is 4.53. The first kappa shape index (κ1) is 14.7. The second kappa shape index (κ2) is 7.14. The minimum atomic E-state index is 0.817. The van der Waals surface area contributed by atoms with Gasteiger partial charge in [0.2, 0.25) is 0 Å². The molecule has 0 fully saturated rings. The smallest absolute Gasteiger partial charge is 0.128 e. The molecule has 0 aliphatic rings. The second-order valence-electron chi connectivity index (χ2n) is 5.12. The van der Waals surface area contributed by atoms with Gasteiger partial charge < -0.3 is 0 Å². The molecule has 0 aromatic carbocycles. The van der Waals surface area contributed by atoms with Crippen molar-refractivity contribution in [2.45, 2.75) is 46.2 Å². The molecule has 1 N–H and O–H groups in total. The summed E-state index contributed by atoms with van der Waals surface area (Å²) in [6, 6.07) is 4.13. The van der Waals surface area contributed by atoms with E-state index in [9.17, 15) is 0 Å². The van der Waals surface area contributed by atoms with Gasteiger partial charge in [-0.1, -0.05) is 20.3 Å². The van der Waals surface area contributed by atoms with Crippen LogP contribution >= 0.6 is 0 Å². The van der Waals surface area contributed by atoms with Crippen LogP contribution in [-0.4, -0.2) is 32.1 Å². The summed E-state index contributed by atoms with van der Waals surface area (Å²) in [5.41, 5.74) is 3.36. The number of H-pyrrole nitrogens is 1. The third-order valence-corrected chi connectivity index (χ3v) is 3.14. The van der Waals surface area contributed by atoms with Gasteiger partial charge in [0, 0.05) is 31.4 Å². The lowest BCUT2D eigenvalue weighted by atomic mass is 10.2. The highest BCUT2D eigenvalue weighted by Gasteiger charge is 2.06. The molecule has 2 heterocycles. The minimum Gasteiger partial charge on any atom is -0.295 e. The molecule has 2 aromatic rings. The van der Waals surface area contributed by atoms with Crippen molar-refractivity contribution in [1.29, 1.82) is 0 Å².